The Bertz CT molecular complexity index is 990. The summed E-state index contributed by atoms with van der Waals surface area (Å²) in [4.78, 5) is 24.0. The molecule has 0 saturated carbocycles. The van der Waals surface area contributed by atoms with E-state index in [2.05, 4.69) is 15.5 Å². The van der Waals surface area contributed by atoms with Crippen LogP contribution in [0.25, 0.3) is 10.9 Å². The Morgan fingerprint density at radius 3 is 2.67 bits per heavy atom. The molecule has 3 rings (SSSR count). The van der Waals surface area contributed by atoms with Crippen molar-refractivity contribution in [3.63, 3.8) is 0 Å². The fourth-order valence-corrected chi connectivity index (χ4v) is 2.73. The van der Waals surface area contributed by atoms with Crippen molar-refractivity contribution < 1.29 is 14.3 Å². The van der Waals surface area contributed by atoms with Crippen LogP contribution in [0.15, 0.2) is 42.7 Å². The minimum absolute atomic E-state index is 0.0159. The molecule has 0 aliphatic heterocycles. The normalized spacial score (nSPS) is 11.4. The zero-order valence-electron chi connectivity index (χ0n) is 15.4. The van der Waals surface area contributed by atoms with Gasteiger partial charge in [0, 0.05) is 29.0 Å². The highest BCUT2D eigenvalue weighted by molar-refractivity contribution is 6.07. The maximum atomic E-state index is 12.2. The Morgan fingerprint density at radius 1 is 1.26 bits per heavy atom. The summed E-state index contributed by atoms with van der Waals surface area (Å²) >= 11 is 0. The molecule has 1 amide bonds. The number of aromatic nitrogens is 3. The molecule has 0 fully saturated rings. The summed E-state index contributed by atoms with van der Waals surface area (Å²) in [6.45, 7) is 5.39. The van der Waals surface area contributed by atoms with E-state index in [1.165, 1.54) is 0 Å². The quantitative estimate of drug-likeness (QED) is 0.670. The van der Waals surface area contributed by atoms with Crippen LogP contribution in [-0.4, -0.2) is 32.2 Å². The molecule has 3 N–H and O–H groups in total. The number of nitrogens with two attached hydrogens (primary N) is 1. The van der Waals surface area contributed by atoms with Gasteiger partial charge in [0.25, 0.3) is 5.91 Å². The van der Waals surface area contributed by atoms with Gasteiger partial charge in [0.2, 0.25) is 0 Å². The van der Waals surface area contributed by atoms with E-state index in [1.54, 1.807) is 55.9 Å². The molecular weight excluding hydrogens is 346 g/mol. The molecule has 0 unspecified atom stereocenters. The van der Waals surface area contributed by atoms with E-state index < -0.39 is 17.5 Å². The van der Waals surface area contributed by atoms with Crippen molar-refractivity contribution in [2.75, 3.05) is 5.32 Å². The summed E-state index contributed by atoms with van der Waals surface area (Å²) in [5.74, 6) is -0.387. The van der Waals surface area contributed by atoms with Gasteiger partial charge in [0.1, 0.15) is 12.1 Å². The van der Waals surface area contributed by atoms with Crippen LogP contribution in [0.1, 0.15) is 31.1 Å². The third-order valence-corrected chi connectivity index (χ3v) is 3.71. The van der Waals surface area contributed by atoms with Crippen LogP contribution in [-0.2, 0) is 16.1 Å². The van der Waals surface area contributed by atoms with Crippen molar-refractivity contribution in [3.8, 4) is 0 Å². The first-order valence-corrected chi connectivity index (χ1v) is 8.42. The van der Waals surface area contributed by atoms with E-state index in [-0.39, 0.29) is 6.54 Å². The van der Waals surface area contributed by atoms with E-state index in [9.17, 15) is 9.59 Å². The molecule has 27 heavy (non-hydrogen) atoms. The molecule has 0 bridgehead atoms. The monoisotopic (exact) mass is 367 g/mol. The number of carbonyl (C=O) groups is 2. The Hall–Kier alpha value is -3.42. The van der Waals surface area contributed by atoms with E-state index in [4.69, 9.17) is 10.5 Å². The Morgan fingerprint density at radius 2 is 2.04 bits per heavy atom. The van der Waals surface area contributed by atoms with Gasteiger partial charge >= 0.3 is 5.97 Å². The van der Waals surface area contributed by atoms with Crippen LogP contribution in [0.3, 0.4) is 0 Å². The largest absolute Gasteiger partial charge is 0.459 e. The van der Waals surface area contributed by atoms with Crippen LogP contribution < -0.4 is 11.1 Å². The van der Waals surface area contributed by atoms with Crippen LogP contribution in [0.4, 0.5) is 11.5 Å². The minimum atomic E-state index is -0.583. The van der Waals surface area contributed by atoms with Crippen LogP contribution in [0, 0.1) is 0 Å². The molecule has 0 aliphatic carbocycles. The first kappa shape index (κ1) is 18.4. The Kier molecular flexibility index (Phi) is 4.81. The number of primary amides is 1. The van der Waals surface area contributed by atoms with Crippen molar-refractivity contribution in [3.05, 3.63) is 48.3 Å². The van der Waals surface area contributed by atoms with E-state index >= 15 is 0 Å². The highest BCUT2D eigenvalue weighted by Crippen LogP contribution is 2.26. The van der Waals surface area contributed by atoms with E-state index in [0.717, 1.165) is 5.69 Å². The average molecular weight is 367 g/mol. The maximum Gasteiger partial charge on any atom is 0.326 e. The number of nitrogens with one attached hydrogen (secondary N) is 1. The summed E-state index contributed by atoms with van der Waals surface area (Å²) in [5, 5.41) is 11.5. The molecule has 1 aromatic carbocycles. The number of rotatable bonds is 5. The predicted octanol–water partition coefficient (Wildman–Crippen LogP) is 2.62. The second-order valence-electron chi connectivity index (χ2n) is 7.09. The standard InChI is InChI=1S/C19H21N5O3/c1-19(2,3)27-17(25)11-24-10-14(18(20)26)13-9-12(6-7-15(13)24)22-16-5-4-8-21-23-16/h4-10H,11H2,1-3H3,(H2,20,26)(H,22,23). The predicted molar refractivity (Wildman–Crippen MR) is 102 cm³/mol. The van der Waals surface area contributed by atoms with Gasteiger partial charge in [-0.1, -0.05) is 0 Å². The molecule has 0 atom stereocenters. The number of carbonyl (C=O) groups excluding carboxylic acids is 2. The summed E-state index contributed by atoms with van der Waals surface area (Å²) in [7, 11) is 0. The summed E-state index contributed by atoms with van der Waals surface area (Å²) in [6.07, 6.45) is 3.15. The summed E-state index contributed by atoms with van der Waals surface area (Å²) < 4.78 is 7.02. The van der Waals surface area contributed by atoms with E-state index in [1.807, 2.05) is 12.1 Å². The number of ether oxygens (including phenoxy) is 1. The van der Waals surface area contributed by atoms with Gasteiger partial charge in [0.15, 0.2) is 5.82 Å². The molecule has 140 valence electrons. The number of hydrogen-bond acceptors (Lipinski definition) is 6. The topological polar surface area (TPSA) is 112 Å². The smallest absolute Gasteiger partial charge is 0.326 e. The number of anilines is 2. The number of hydrogen-bond donors (Lipinski definition) is 2. The van der Waals surface area contributed by atoms with Gasteiger partial charge in [-0.2, -0.15) is 5.10 Å². The lowest BCUT2D eigenvalue weighted by Crippen LogP contribution is -2.26. The average Bonchev–Trinajstić information content (AvgIpc) is 2.92. The van der Waals surface area contributed by atoms with E-state index in [0.29, 0.717) is 22.3 Å². The molecule has 3 aromatic rings. The van der Waals surface area contributed by atoms with Crippen molar-refractivity contribution in [1.29, 1.82) is 0 Å². The zero-order chi connectivity index (χ0) is 19.6. The lowest BCUT2D eigenvalue weighted by Gasteiger charge is -2.19. The molecule has 0 aliphatic rings. The minimum Gasteiger partial charge on any atom is -0.459 e. The molecule has 0 saturated heterocycles. The number of esters is 1. The number of fused-ring (bicyclic) bond motifs is 1. The fraction of sp³-hybridized carbons (Fsp3) is 0.263. The lowest BCUT2D eigenvalue weighted by molar-refractivity contribution is -0.155. The molecular formula is C19H21N5O3. The highest BCUT2D eigenvalue weighted by Gasteiger charge is 2.19. The Labute approximate surface area is 156 Å². The zero-order valence-corrected chi connectivity index (χ0v) is 15.4. The number of nitrogens with zero attached hydrogens (tertiary/aromatic N) is 3. The lowest BCUT2D eigenvalue weighted by atomic mass is 10.1. The van der Waals surface area contributed by atoms with Crippen molar-refractivity contribution >= 4 is 34.3 Å². The molecule has 8 heteroatoms. The van der Waals surface area contributed by atoms with Crippen molar-refractivity contribution in [2.45, 2.75) is 32.9 Å². The maximum absolute atomic E-state index is 12.2. The van der Waals surface area contributed by atoms with Crippen molar-refractivity contribution in [2.24, 2.45) is 5.73 Å². The Balaban J connectivity index is 1.95. The second-order valence-corrected chi connectivity index (χ2v) is 7.09. The van der Waals surface area contributed by atoms with Gasteiger partial charge < -0.3 is 20.4 Å². The van der Waals surface area contributed by atoms with Gasteiger partial charge in [-0.25, -0.2) is 0 Å². The van der Waals surface area contributed by atoms with Crippen LogP contribution in [0.5, 0.6) is 0 Å². The molecule has 8 nitrogen and oxygen atoms in total. The first-order chi connectivity index (χ1) is 12.7. The summed E-state index contributed by atoms with van der Waals surface area (Å²) in [6, 6.07) is 8.97. The number of amides is 1. The highest BCUT2D eigenvalue weighted by atomic mass is 16.6. The van der Waals surface area contributed by atoms with Crippen LogP contribution >= 0.6 is 0 Å². The molecule has 2 heterocycles. The third kappa shape index (κ3) is 4.41. The van der Waals surface area contributed by atoms with Crippen LogP contribution in [0.2, 0.25) is 0 Å². The molecule has 2 aromatic heterocycles. The van der Waals surface area contributed by atoms with Gasteiger partial charge in [0.05, 0.1) is 5.56 Å². The second kappa shape index (κ2) is 7.06. The number of benzene rings is 1. The van der Waals surface area contributed by atoms with Crippen molar-refractivity contribution in [1.82, 2.24) is 14.8 Å². The molecule has 0 radical (unpaired) electrons. The third-order valence-electron chi connectivity index (χ3n) is 3.71. The summed E-state index contributed by atoms with van der Waals surface area (Å²) in [5.41, 5.74) is 6.69. The molecule has 0 spiro atoms. The van der Waals surface area contributed by atoms with Gasteiger partial charge in [-0.3, -0.25) is 9.59 Å². The van der Waals surface area contributed by atoms with Gasteiger partial charge in [-0.05, 0) is 51.1 Å². The SMILES string of the molecule is CC(C)(C)OC(=O)Cn1cc(C(N)=O)c2cc(Nc3cccnn3)ccc21. The fourth-order valence-electron chi connectivity index (χ4n) is 2.73. The first-order valence-electron chi connectivity index (χ1n) is 8.42. The van der Waals surface area contributed by atoms with Gasteiger partial charge in [-0.15, -0.1) is 5.10 Å².